The summed E-state index contributed by atoms with van der Waals surface area (Å²) in [6.07, 6.45) is 0.623. The Morgan fingerprint density at radius 2 is 1.71 bits per heavy atom. The van der Waals surface area contributed by atoms with E-state index in [0.717, 1.165) is 11.1 Å². The van der Waals surface area contributed by atoms with Crippen LogP contribution in [-0.2, 0) is 28.0 Å². The molecule has 0 radical (unpaired) electrons. The standard InChI is InChI=1S/C26H25Cl2N3O3/c27-19-8-4-7-18(13-19)16-26(21-10-9-20(28)15-22(21)30-25(26)34)31-23(24(33)29-11-12-32)14-17-5-2-1-3-6-17/h1-10,13,15,23,31-32H,11-12,14,16H2,(H,29,33)(H,30,34)/t23-,26?/m0/s1. The number of nitrogens with one attached hydrogen (secondary N) is 3. The summed E-state index contributed by atoms with van der Waals surface area (Å²) in [4.78, 5) is 26.7. The molecule has 4 N–H and O–H groups in total. The molecule has 3 aromatic carbocycles. The lowest BCUT2D eigenvalue weighted by Gasteiger charge is -2.33. The first-order chi connectivity index (χ1) is 16.4. The molecule has 2 atom stereocenters. The number of fused-ring (bicyclic) bond motifs is 1. The minimum atomic E-state index is -1.24. The second-order valence-corrected chi connectivity index (χ2v) is 9.13. The van der Waals surface area contributed by atoms with Crippen LogP contribution in [-0.4, -0.2) is 36.1 Å². The van der Waals surface area contributed by atoms with Crippen LogP contribution in [0.15, 0.2) is 72.8 Å². The molecule has 3 aromatic rings. The van der Waals surface area contributed by atoms with Crippen molar-refractivity contribution < 1.29 is 14.7 Å². The van der Waals surface area contributed by atoms with Gasteiger partial charge in [0.25, 0.3) is 0 Å². The van der Waals surface area contributed by atoms with Crippen LogP contribution in [0.4, 0.5) is 5.69 Å². The smallest absolute Gasteiger partial charge is 0.249 e. The fourth-order valence-electron chi connectivity index (χ4n) is 4.33. The number of carbonyl (C=O) groups is 2. The number of amides is 2. The average molecular weight is 498 g/mol. The first kappa shape index (κ1) is 24.2. The Hall–Kier alpha value is -2.90. The van der Waals surface area contributed by atoms with Gasteiger partial charge >= 0.3 is 0 Å². The highest BCUT2D eigenvalue weighted by Crippen LogP contribution is 2.40. The summed E-state index contributed by atoms with van der Waals surface area (Å²) in [7, 11) is 0. The van der Waals surface area contributed by atoms with Gasteiger partial charge in [0, 0.05) is 34.3 Å². The molecule has 4 rings (SSSR count). The molecule has 0 aromatic heterocycles. The molecule has 1 heterocycles. The summed E-state index contributed by atoms with van der Waals surface area (Å²) in [5.41, 5.74) is 1.84. The van der Waals surface area contributed by atoms with Gasteiger partial charge in [-0.25, -0.2) is 0 Å². The molecule has 0 aliphatic carbocycles. The maximum absolute atomic E-state index is 13.6. The second-order valence-electron chi connectivity index (χ2n) is 8.26. The van der Waals surface area contributed by atoms with Crippen LogP contribution >= 0.6 is 23.2 Å². The van der Waals surface area contributed by atoms with Crippen molar-refractivity contribution in [2.24, 2.45) is 0 Å². The van der Waals surface area contributed by atoms with E-state index in [9.17, 15) is 14.7 Å². The summed E-state index contributed by atoms with van der Waals surface area (Å²) in [6, 6.07) is 21.4. The number of aliphatic hydroxyl groups excluding tert-OH is 1. The number of halogens is 2. The third-order valence-corrected chi connectivity index (χ3v) is 6.34. The topological polar surface area (TPSA) is 90.5 Å². The summed E-state index contributed by atoms with van der Waals surface area (Å²) < 4.78 is 0. The predicted octanol–water partition coefficient (Wildman–Crippen LogP) is 3.69. The van der Waals surface area contributed by atoms with E-state index < -0.39 is 11.6 Å². The van der Waals surface area contributed by atoms with Crippen molar-refractivity contribution in [3.8, 4) is 0 Å². The van der Waals surface area contributed by atoms with Gasteiger partial charge in [0.15, 0.2) is 0 Å². The van der Waals surface area contributed by atoms with Crippen molar-refractivity contribution in [2.75, 3.05) is 18.5 Å². The van der Waals surface area contributed by atoms with E-state index >= 15 is 0 Å². The SMILES string of the molecule is O=C(NCCO)[C@H](Cc1ccccc1)NC1(Cc2cccc(Cl)c2)C(=O)Nc2cc(Cl)ccc21. The summed E-state index contributed by atoms with van der Waals surface area (Å²) in [5, 5.41) is 19.3. The molecule has 0 fully saturated rings. The molecule has 0 saturated heterocycles. The van der Waals surface area contributed by atoms with E-state index in [-0.39, 0.29) is 31.4 Å². The van der Waals surface area contributed by atoms with E-state index in [2.05, 4.69) is 16.0 Å². The quantitative estimate of drug-likeness (QED) is 0.362. The van der Waals surface area contributed by atoms with Gasteiger partial charge in [0.2, 0.25) is 11.8 Å². The van der Waals surface area contributed by atoms with Gasteiger partial charge < -0.3 is 15.7 Å². The fourth-order valence-corrected chi connectivity index (χ4v) is 4.71. The molecular formula is C26H25Cl2N3O3. The number of hydrogen-bond donors (Lipinski definition) is 4. The molecular weight excluding hydrogens is 473 g/mol. The normalized spacial score (nSPS) is 17.7. The van der Waals surface area contributed by atoms with Crippen molar-refractivity contribution in [3.63, 3.8) is 0 Å². The predicted molar refractivity (Wildman–Crippen MR) is 134 cm³/mol. The van der Waals surface area contributed by atoms with E-state index in [4.69, 9.17) is 23.2 Å². The van der Waals surface area contributed by atoms with Crippen molar-refractivity contribution in [2.45, 2.75) is 24.4 Å². The first-order valence-corrected chi connectivity index (χ1v) is 11.7. The lowest BCUT2D eigenvalue weighted by Crippen LogP contribution is -2.59. The Bertz CT molecular complexity index is 1190. The number of benzene rings is 3. The monoisotopic (exact) mass is 497 g/mol. The summed E-state index contributed by atoms with van der Waals surface area (Å²) in [6.45, 7) is -0.0647. The minimum absolute atomic E-state index is 0.117. The largest absolute Gasteiger partial charge is 0.395 e. The number of aliphatic hydroxyl groups is 1. The second kappa shape index (κ2) is 10.6. The Balaban J connectivity index is 1.77. The van der Waals surface area contributed by atoms with Crippen molar-refractivity contribution in [1.82, 2.24) is 10.6 Å². The molecule has 176 valence electrons. The molecule has 2 amide bonds. The minimum Gasteiger partial charge on any atom is -0.395 e. The highest BCUT2D eigenvalue weighted by Gasteiger charge is 2.49. The Labute approximate surface area is 208 Å². The third-order valence-electron chi connectivity index (χ3n) is 5.87. The maximum Gasteiger partial charge on any atom is 0.249 e. The van der Waals surface area contributed by atoms with Crippen LogP contribution in [0.1, 0.15) is 16.7 Å². The molecule has 8 heteroatoms. The van der Waals surface area contributed by atoms with Crippen LogP contribution < -0.4 is 16.0 Å². The Kier molecular flexibility index (Phi) is 7.54. The Morgan fingerprint density at radius 1 is 0.971 bits per heavy atom. The van der Waals surface area contributed by atoms with Crippen molar-refractivity contribution in [1.29, 1.82) is 0 Å². The van der Waals surface area contributed by atoms with Gasteiger partial charge in [-0.15, -0.1) is 0 Å². The highest BCUT2D eigenvalue weighted by atomic mass is 35.5. The van der Waals surface area contributed by atoms with Crippen LogP contribution in [0.3, 0.4) is 0 Å². The number of hydrogen-bond acceptors (Lipinski definition) is 4. The molecule has 34 heavy (non-hydrogen) atoms. The van der Waals surface area contributed by atoms with E-state index in [0.29, 0.717) is 27.7 Å². The lowest BCUT2D eigenvalue weighted by atomic mass is 9.83. The number of carbonyl (C=O) groups excluding carboxylic acids is 2. The molecule has 6 nitrogen and oxygen atoms in total. The fraction of sp³-hybridized carbons (Fsp3) is 0.231. The highest BCUT2D eigenvalue weighted by molar-refractivity contribution is 6.31. The van der Waals surface area contributed by atoms with Crippen LogP contribution in [0, 0.1) is 0 Å². The summed E-state index contributed by atoms with van der Waals surface area (Å²) >= 11 is 12.4. The van der Waals surface area contributed by atoms with E-state index in [1.807, 2.05) is 48.5 Å². The third kappa shape index (κ3) is 5.26. The molecule has 0 spiro atoms. The Morgan fingerprint density at radius 3 is 2.44 bits per heavy atom. The number of rotatable bonds is 9. The number of anilines is 1. The van der Waals surface area contributed by atoms with Gasteiger partial charge in [-0.05, 0) is 41.8 Å². The molecule has 1 aliphatic rings. The zero-order valence-electron chi connectivity index (χ0n) is 18.4. The van der Waals surface area contributed by atoms with Gasteiger partial charge in [-0.3, -0.25) is 14.9 Å². The van der Waals surface area contributed by atoms with Crippen molar-refractivity contribution in [3.05, 3.63) is 99.5 Å². The van der Waals surface area contributed by atoms with E-state index in [1.165, 1.54) is 0 Å². The summed E-state index contributed by atoms with van der Waals surface area (Å²) in [5.74, 6) is -0.587. The van der Waals surface area contributed by atoms with Gasteiger partial charge in [0.1, 0.15) is 5.54 Å². The average Bonchev–Trinajstić information content (AvgIpc) is 3.07. The maximum atomic E-state index is 13.6. The zero-order valence-corrected chi connectivity index (χ0v) is 19.9. The molecule has 1 aliphatic heterocycles. The molecule has 1 unspecified atom stereocenters. The van der Waals surface area contributed by atoms with Crippen LogP contribution in [0.5, 0.6) is 0 Å². The molecule has 0 saturated carbocycles. The van der Waals surface area contributed by atoms with E-state index in [1.54, 1.807) is 24.3 Å². The molecule has 0 bridgehead atoms. The zero-order chi connectivity index (χ0) is 24.1. The van der Waals surface area contributed by atoms with Gasteiger partial charge in [-0.1, -0.05) is 71.7 Å². The first-order valence-electron chi connectivity index (χ1n) is 11.0. The van der Waals surface area contributed by atoms with Gasteiger partial charge in [-0.2, -0.15) is 0 Å². The van der Waals surface area contributed by atoms with Crippen LogP contribution in [0.25, 0.3) is 0 Å². The lowest BCUT2D eigenvalue weighted by molar-refractivity contribution is -0.126. The van der Waals surface area contributed by atoms with Crippen LogP contribution in [0.2, 0.25) is 10.0 Å². The van der Waals surface area contributed by atoms with Crippen molar-refractivity contribution >= 4 is 40.7 Å². The van der Waals surface area contributed by atoms with Gasteiger partial charge in [0.05, 0.1) is 12.6 Å².